The SMILES string of the molecule is Cl.Nc1ccc(O)c2ccccc12.Nc1ccc(OCCO)c(N)c1.O=S(=O)(O)O. The molecule has 0 radical (unpaired) electrons. The van der Waals surface area contributed by atoms with Gasteiger partial charge in [-0.25, -0.2) is 0 Å². The van der Waals surface area contributed by atoms with Gasteiger partial charge in [-0.05, 0) is 30.3 Å². The van der Waals surface area contributed by atoms with E-state index < -0.39 is 10.4 Å². The first-order chi connectivity index (χ1) is 13.5. The van der Waals surface area contributed by atoms with Gasteiger partial charge in [0.1, 0.15) is 18.1 Å². The minimum atomic E-state index is -4.67. The molecule has 0 aliphatic carbocycles. The Morgan fingerprint density at radius 2 is 1.43 bits per heavy atom. The van der Waals surface area contributed by atoms with Gasteiger partial charge in [0.05, 0.1) is 12.3 Å². The highest BCUT2D eigenvalue weighted by Crippen LogP contribution is 2.28. The van der Waals surface area contributed by atoms with Crippen molar-refractivity contribution >= 4 is 50.6 Å². The van der Waals surface area contributed by atoms with Crippen LogP contribution in [0.5, 0.6) is 11.5 Å². The minimum Gasteiger partial charge on any atom is -0.507 e. The molecule has 12 heteroatoms. The summed E-state index contributed by atoms with van der Waals surface area (Å²) >= 11 is 0. The molecule has 0 aliphatic heterocycles. The van der Waals surface area contributed by atoms with Gasteiger partial charge in [-0.2, -0.15) is 8.42 Å². The number of ether oxygens (including phenoxy) is 1. The van der Waals surface area contributed by atoms with Crippen molar-refractivity contribution in [1.29, 1.82) is 0 Å². The number of nitrogens with two attached hydrogens (primary N) is 3. The lowest BCUT2D eigenvalue weighted by Crippen LogP contribution is -2.04. The molecule has 166 valence electrons. The first-order valence-electron chi connectivity index (χ1n) is 8.07. The van der Waals surface area contributed by atoms with Gasteiger partial charge in [-0.3, -0.25) is 9.11 Å². The third-order valence-corrected chi connectivity index (χ3v) is 3.32. The zero-order chi connectivity index (χ0) is 22.0. The predicted octanol–water partition coefficient (Wildman–Crippen LogP) is 2.12. The van der Waals surface area contributed by atoms with Crippen LogP contribution in [0.15, 0.2) is 54.6 Å². The molecule has 0 bridgehead atoms. The lowest BCUT2D eigenvalue weighted by molar-refractivity contribution is 0.202. The summed E-state index contributed by atoms with van der Waals surface area (Å²) in [5.74, 6) is 0.832. The molecular formula is C18H24ClN3O7S. The van der Waals surface area contributed by atoms with Crippen LogP contribution in [0.4, 0.5) is 17.1 Å². The number of phenolic OH excluding ortho intramolecular Hbond substituents is 1. The van der Waals surface area contributed by atoms with Crippen molar-refractivity contribution in [3.63, 3.8) is 0 Å². The minimum absolute atomic E-state index is 0. The lowest BCUT2D eigenvalue weighted by Gasteiger charge is -2.07. The van der Waals surface area contributed by atoms with Crippen molar-refractivity contribution in [2.45, 2.75) is 0 Å². The number of benzene rings is 3. The van der Waals surface area contributed by atoms with Crippen LogP contribution in [0.3, 0.4) is 0 Å². The number of nitrogen functional groups attached to an aromatic ring is 3. The monoisotopic (exact) mass is 461 g/mol. The Kier molecular flexibility index (Phi) is 11.3. The molecule has 0 fully saturated rings. The first kappa shape index (κ1) is 27.0. The molecule has 0 heterocycles. The van der Waals surface area contributed by atoms with Crippen LogP contribution < -0.4 is 21.9 Å². The molecular weight excluding hydrogens is 438 g/mol. The van der Waals surface area contributed by atoms with E-state index in [0.29, 0.717) is 22.8 Å². The van der Waals surface area contributed by atoms with Crippen LogP contribution in [0, 0.1) is 0 Å². The fraction of sp³-hybridized carbons (Fsp3) is 0.111. The summed E-state index contributed by atoms with van der Waals surface area (Å²) in [5.41, 5.74) is 18.5. The van der Waals surface area contributed by atoms with E-state index in [2.05, 4.69) is 0 Å². The molecule has 30 heavy (non-hydrogen) atoms. The van der Waals surface area contributed by atoms with Crippen molar-refractivity contribution in [3.05, 3.63) is 54.6 Å². The standard InChI is InChI=1S/C10H9NO.C8H12N2O2.ClH.H2O4S/c11-9-5-6-10(12)8-4-2-1-3-7(8)9;9-6-1-2-8(7(10)5-6)12-4-3-11;;1-5(2,3)4/h1-6,12H,11H2;1-2,5,11H,3-4,9-10H2;1H;(H2,1,2,3,4). The summed E-state index contributed by atoms with van der Waals surface area (Å²) in [6.45, 7) is 0.220. The highest BCUT2D eigenvalue weighted by molar-refractivity contribution is 7.79. The van der Waals surface area contributed by atoms with Crippen LogP contribution in [0.1, 0.15) is 0 Å². The summed E-state index contributed by atoms with van der Waals surface area (Å²) < 4.78 is 36.7. The molecule has 3 aromatic carbocycles. The Balaban J connectivity index is 0.000000449. The number of aliphatic hydroxyl groups is 1. The van der Waals surface area contributed by atoms with Crippen molar-refractivity contribution in [3.8, 4) is 11.5 Å². The van der Waals surface area contributed by atoms with E-state index in [1.54, 1.807) is 30.3 Å². The summed E-state index contributed by atoms with van der Waals surface area (Å²) in [6.07, 6.45) is 0. The van der Waals surface area contributed by atoms with Gasteiger partial charge < -0.3 is 32.2 Å². The van der Waals surface area contributed by atoms with Crippen molar-refractivity contribution in [2.24, 2.45) is 0 Å². The third-order valence-electron chi connectivity index (χ3n) is 3.32. The number of hydrogen-bond acceptors (Lipinski definition) is 8. The van der Waals surface area contributed by atoms with Gasteiger partial charge in [-0.1, -0.05) is 24.3 Å². The summed E-state index contributed by atoms with van der Waals surface area (Å²) in [6, 6.07) is 15.8. The summed E-state index contributed by atoms with van der Waals surface area (Å²) in [4.78, 5) is 0. The van der Waals surface area contributed by atoms with Crippen LogP contribution >= 0.6 is 12.4 Å². The zero-order valence-corrected chi connectivity index (χ0v) is 17.3. The molecule has 0 spiro atoms. The van der Waals surface area contributed by atoms with E-state index in [-0.39, 0.29) is 31.4 Å². The van der Waals surface area contributed by atoms with Gasteiger partial charge in [0.25, 0.3) is 0 Å². The van der Waals surface area contributed by atoms with Gasteiger partial charge in [0.15, 0.2) is 0 Å². The number of rotatable bonds is 3. The summed E-state index contributed by atoms with van der Waals surface area (Å²) in [7, 11) is -4.67. The van der Waals surface area contributed by atoms with Crippen LogP contribution in [-0.2, 0) is 10.4 Å². The highest BCUT2D eigenvalue weighted by atomic mass is 35.5. The molecule has 10 N–H and O–H groups in total. The van der Waals surface area contributed by atoms with Gasteiger partial charge in [0, 0.05) is 22.1 Å². The van der Waals surface area contributed by atoms with Crippen LogP contribution in [0.25, 0.3) is 10.8 Å². The molecule has 0 atom stereocenters. The molecule has 0 aromatic heterocycles. The van der Waals surface area contributed by atoms with Crippen molar-refractivity contribution in [2.75, 3.05) is 30.4 Å². The topological polar surface area (TPSA) is 202 Å². The largest absolute Gasteiger partial charge is 0.507 e. The number of anilines is 3. The second kappa shape index (κ2) is 12.6. The van der Waals surface area contributed by atoms with E-state index in [4.69, 9.17) is 44.6 Å². The summed E-state index contributed by atoms with van der Waals surface area (Å²) in [5, 5.41) is 19.6. The molecule has 3 aromatic rings. The van der Waals surface area contributed by atoms with E-state index in [1.807, 2.05) is 24.3 Å². The van der Waals surface area contributed by atoms with Crippen molar-refractivity contribution < 1.29 is 32.5 Å². The number of fused-ring (bicyclic) bond motifs is 1. The number of phenols is 1. The van der Waals surface area contributed by atoms with E-state index in [1.165, 1.54) is 0 Å². The average Bonchev–Trinajstić information content (AvgIpc) is 2.64. The molecule has 0 aliphatic rings. The number of hydrogen-bond donors (Lipinski definition) is 7. The Labute approximate surface area is 179 Å². The maximum absolute atomic E-state index is 9.44. The number of aliphatic hydroxyl groups excluding tert-OH is 1. The smallest absolute Gasteiger partial charge is 0.394 e. The number of halogens is 1. The molecule has 0 saturated carbocycles. The fourth-order valence-corrected chi connectivity index (χ4v) is 2.16. The zero-order valence-electron chi connectivity index (χ0n) is 15.7. The van der Waals surface area contributed by atoms with Gasteiger partial charge in [-0.15, -0.1) is 12.4 Å². The fourth-order valence-electron chi connectivity index (χ4n) is 2.16. The first-order valence-corrected chi connectivity index (χ1v) is 9.47. The maximum atomic E-state index is 9.44. The molecule has 10 nitrogen and oxygen atoms in total. The Hall–Kier alpha value is -2.96. The van der Waals surface area contributed by atoms with E-state index in [0.717, 1.165) is 10.8 Å². The van der Waals surface area contributed by atoms with Gasteiger partial charge >= 0.3 is 10.4 Å². The number of aromatic hydroxyl groups is 1. The predicted molar refractivity (Wildman–Crippen MR) is 119 cm³/mol. The Morgan fingerprint density at radius 1 is 0.867 bits per heavy atom. The van der Waals surface area contributed by atoms with E-state index >= 15 is 0 Å². The Morgan fingerprint density at radius 3 is 1.93 bits per heavy atom. The second-order valence-electron chi connectivity index (χ2n) is 5.54. The average molecular weight is 462 g/mol. The van der Waals surface area contributed by atoms with Crippen LogP contribution in [0.2, 0.25) is 0 Å². The van der Waals surface area contributed by atoms with Crippen molar-refractivity contribution in [1.82, 2.24) is 0 Å². The molecule has 0 saturated heterocycles. The molecule has 0 amide bonds. The highest BCUT2D eigenvalue weighted by Gasteiger charge is 2.00. The second-order valence-corrected chi connectivity index (χ2v) is 6.43. The normalized spacial score (nSPS) is 9.97. The Bertz CT molecular complexity index is 1000. The third kappa shape index (κ3) is 10.0. The maximum Gasteiger partial charge on any atom is 0.394 e. The van der Waals surface area contributed by atoms with E-state index in [9.17, 15) is 5.11 Å². The lowest BCUT2D eigenvalue weighted by atomic mass is 10.1. The van der Waals surface area contributed by atoms with Crippen LogP contribution in [-0.4, -0.2) is 41.0 Å². The quantitative estimate of drug-likeness (QED) is 0.172. The van der Waals surface area contributed by atoms with Gasteiger partial charge in [0.2, 0.25) is 0 Å². The molecule has 0 unspecified atom stereocenters. The molecule has 3 rings (SSSR count).